The van der Waals surface area contributed by atoms with E-state index in [-0.39, 0.29) is 0 Å². The minimum atomic E-state index is 0.805. The zero-order valence-electron chi connectivity index (χ0n) is 9.37. The van der Waals surface area contributed by atoms with Crippen molar-refractivity contribution in [1.29, 1.82) is 0 Å². The fourth-order valence-corrected chi connectivity index (χ4v) is 1.64. The van der Waals surface area contributed by atoms with E-state index in [1.54, 1.807) is 0 Å². The quantitative estimate of drug-likeness (QED) is 0.569. The summed E-state index contributed by atoms with van der Waals surface area (Å²) in [5, 5.41) is 0. The molecule has 2 N–H and O–H groups in total. The first kappa shape index (κ1) is 12.0. The van der Waals surface area contributed by atoms with E-state index in [9.17, 15) is 0 Å². The van der Waals surface area contributed by atoms with E-state index in [1.165, 1.54) is 12.8 Å². The summed E-state index contributed by atoms with van der Waals surface area (Å²) in [6, 6.07) is 0.840. The van der Waals surface area contributed by atoms with Gasteiger partial charge in [0, 0.05) is 19.2 Å². The van der Waals surface area contributed by atoms with Gasteiger partial charge >= 0.3 is 0 Å². The lowest BCUT2D eigenvalue weighted by Crippen LogP contribution is -2.32. The van der Waals surface area contributed by atoms with E-state index in [0.717, 1.165) is 51.7 Å². The smallest absolute Gasteiger partial charge is 0.0593 e. The van der Waals surface area contributed by atoms with Gasteiger partial charge < -0.3 is 10.5 Å². The van der Waals surface area contributed by atoms with Crippen LogP contribution in [0.25, 0.3) is 0 Å². The van der Waals surface area contributed by atoms with Crippen molar-refractivity contribution in [2.45, 2.75) is 38.6 Å². The largest absolute Gasteiger partial charge is 0.380 e. The highest BCUT2D eigenvalue weighted by Crippen LogP contribution is 2.26. The molecule has 1 rings (SSSR count). The molecule has 0 radical (unpaired) electrons. The molecule has 0 heterocycles. The monoisotopic (exact) mass is 200 g/mol. The second kappa shape index (κ2) is 7.21. The Morgan fingerprint density at radius 1 is 1.29 bits per heavy atom. The molecule has 1 saturated carbocycles. The Morgan fingerprint density at radius 3 is 2.64 bits per heavy atom. The summed E-state index contributed by atoms with van der Waals surface area (Å²) in [7, 11) is 0. The van der Waals surface area contributed by atoms with Gasteiger partial charge in [0.25, 0.3) is 0 Å². The van der Waals surface area contributed by atoms with Crippen LogP contribution in [-0.4, -0.2) is 43.8 Å². The Kier molecular flexibility index (Phi) is 6.15. The maximum Gasteiger partial charge on any atom is 0.0593 e. The Balaban J connectivity index is 2.02. The second-order valence-corrected chi connectivity index (χ2v) is 4.02. The minimum Gasteiger partial charge on any atom is -0.380 e. The van der Waals surface area contributed by atoms with E-state index < -0.39 is 0 Å². The molecule has 0 bridgehead atoms. The predicted molar refractivity (Wildman–Crippen MR) is 59.4 cm³/mol. The van der Waals surface area contributed by atoms with Gasteiger partial charge in [-0.1, -0.05) is 6.92 Å². The van der Waals surface area contributed by atoms with Crippen LogP contribution in [0, 0.1) is 0 Å². The number of rotatable bonds is 9. The van der Waals surface area contributed by atoms with Crippen molar-refractivity contribution in [1.82, 2.24) is 4.90 Å². The average molecular weight is 200 g/mol. The maximum absolute atomic E-state index is 5.52. The summed E-state index contributed by atoms with van der Waals surface area (Å²) >= 11 is 0. The van der Waals surface area contributed by atoms with Crippen molar-refractivity contribution in [3.8, 4) is 0 Å². The van der Waals surface area contributed by atoms with Crippen LogP contribution in [0.15, 0.2) is 0 Å². The van der Waals surface area contributed by atoms with E-state index in [1.807, 2.05) is 0 Å². The zero-order valence-corrected chi connectivity index (χ0v) is 9.37. The third-order valence-corrected chi connectivity index (χ3v) is 2.58. The molecule has 0 aromatic carbocycles. The normalized spacial score (nSPS) is 16.5. The fourth-order valence-electron chi connectivity index (χ4n) is 1.64. The Labute approximate surface area is 87.6 Å². The Bertz CT molecular complexity index is 137. The average Bonchev–Trinajstić information content (AvgIpc) is 3.00. The number of hydrogen-bond acceptors (Lipinski definition) is 3. The lowest BCUT2D eigenvalue weighted by Gasteiger charge is -2.21. The molecule has 0 unspecified atom stereocenters. The molecule has 0 amide bonds. The summed E-state index contributed by atoms with van der Waals surface area (Å²) in [5.74, 6) is 0. The Hall–Kier alpha value is -0.120. The van der Waals surface area contributed by atoms with Gasteiger partial charge in [-0.15, -0.1) is 0 Å². The minimum absolute atomic E-state index is 0.805. The van der Waals surface area contributed by atoms with Crippen LogP contribution >= 0.6 is 0 Å². The molecule has 0 atom stereocenters. The molecule has 3 nitrogen and oxygen atoms in total. The van der Waals surface area contributed by atoms with Crippen LogP contribution in [0.4, 0.5) is 0 Å². The first-order valence-corrected chi connectivity index (χ1v) is 5.90. The van der Waals surface area contributed by atoms with Crippen molar-refractivity contribution >= 4 is 0 Å². The van der Waals surface area contributed by atoms with Crippen molar-refractivity contribution < 1.29 is 4.74 Å². The zero-order chi connectivity index (χ0) is 10.2. The molecular formula is C11H24N2O. The SMILES string of the molecule is CCCOCCN(CCCN)C1CC1. The molecule has 14 heavy (non-hydrogen) atoms. The first-order chi connectivity index (χ1) is 6.88. The molecule has 0 saturated heterocycles. The highest BCUT2D eigenvalue weighted by Gasteiger charge is 2.27. The highest BCUT2D eigenvalue weighted by molar-refractivity contribution is 4.84. The summed E-state index contributed by atoms with van der Waals surface area (Å²) in [6.07, 6.45) is 4.98. The van der Waals surface area contributed by atoms with Crippen LogP contribution in [0.2, 0.25) is 0 Å². The second-order valence-electron chi connectivity index (χ2n) is 4.02. The van der Waals surface area contributed by atoms with Crippen LogP contribution in [-0.2, 0) is 4.74 Å². The van der Waals surface area contributed by atoms with E-state index in [2.05, 4.69) is 11.8 Å². The molecule has 0 aliphatic heterocycles. The van der Waals surface area contributed by atoms with Gasteiger partial charge in [-0.05, 0) is 38.8 Å². The van der Waals surface area contributed by atoms with E-state index >= 15 is 0 Å². The molecule has 1 aliphatic carbocycles. The Morgan fingerprint density at radius 2 is 2.07 bits per heavy atom. The van der Waals surface area contributed by atoms with Crippen LogP contribution < -0.4 is 5.73 Å². The molecule has 0 aromatic heterocycles. The molecule has 0 spiro atoms. The molecule has 1 aliphatic rings. The maximum atomic E-state index is 5.52. The van der Waals surface area contributed by atoms with Gasteiger partial charge in [0.15, 0.2) is 0 Å². The van der Waals surface area contributed by atoms with Gasteiger partial charge in [-0.2, -0.15) is 0 Å². The number of nitrogens with two attached hydrogens (primary N) is 1. The van der Waals surface area contributed by atoms with Gasteiger partial charge in [0.05, 0.1) is 6.61 Å². The van der Waals surface area contributed by atoms with Crippen molar-refractivity contribution in [3.05, 3.63) is 0 Å². The number of nitrogens with zero attached hydrogens (tertiary/aromatic N) is 1. The first-order valence-electron chi connectivity index (χ1n) is 5.90. The summed E-state index contributed by atoms with van der Waals surface area (Å²) < 4.78 is 5.50. The van der Waals surface area contributed by atoms with Gasteiger partial charge in [-0.25, -0.2) is 0 Å². The fraction of sp³-hybridized carbons (Fsp3) is 1.00. The third kappa shape index (κ3) is 4.94. The van der Waals surface area contributed by atoms with E-state index in [4.69, 9.17) is 10.5 Å². The molecule has 84 valence electrons. The number of hydrogen-bond donors (Lipinski definition) is 1. The summed E-state index contributed by atoms with van der Waals surface area (Å²) in [4.78, 5) is 2.53. The van der Waals surface area contributed by atoms with Crippen LogP contribution in [0.3, 0.4) is 0 Å². The molecule has 0 aromatic rings. The third-order valence-electron chi connectivity index (χ3n) is 2.58. The lowest BCUT2D eigenvalue weighted by molar-refractivity contribution is 0.101. The summed E-state index contributed by atoms with van der Waals surface area (Å²) in [6.45, 7) is 6.97. The highest BCUT2D eigenvalue weighted by atomic mass is 16.5. The van der Waals surface area contributed by atoms with Gasteiger partial charge in [0.1, 0.15) is 0 Å². The van der Waals surface area contributed by atoms with E-state index in [0.29, 0.717) is 0 Å². The van der Waals surface area contributed by atoms with Crippen molar-refractivity contribution in [3.63, 3.8) is 0 Å². The van der Waals surface area contributed by atoms with Crippen molar-refractivity contribution in [2.24, 2.45) is 5.73 Å². The van der Waals surface area contributed by atoms with Crippen LogP contribution in [0.1, 0.15) is 32.6 Å². The predicted octanol–water partition coefficient (Wildman–Crippen LogP) is 1.23. The lowest BCUT2D eigenvalue weighted by atomic mass is 10.3. The van der Waals surface area contributed by atoms with Gasteiger partial charge in [-0.3, -0.25) is 4.90 Å². The molecule has 1 fully saturated rings. The molecular weight excluding hydrogens is 176 g/mol. The topological polar surface area (TPSA) is 38.5 Å². The van der Waals surface area contributed by atoms with Crippen LogP contribution in [0.5, 0.6) is 0 Å². The van der Waals surface area contributed by atoms with Crippen molar-refractivity contribution in [2.75, 3.05) is 32.8 Å². The summed E-state index contributed by atoms with van der Waals surface area (Å²) in [5.41, 5.74) is 5.52. The van der Waals surface area contributed by atoms with Gasteiger partial charge in [0.2, 0.25) is 0 Å². The number of ether oxygens (including phenoxy) is 1. The molecule has 3 heteroatoms. The standard InChI is InChI=1S/C11H24N2O/c1-2-9-14-10-8-13(7-3-6-12)11-4-5-11/h11H,2-10,12H2,1H3.